The minimum absolute atomic E-state index is 0.124. The van der Waals surface area contributed by atoms with Crippen LogP contribution in [0.1, 0.15) is 25.3 Å². The van der Waals surface area contributed by atoms with E-state index in [0.29, 0.717) is 18.8 Å². The van der Waals surface area contributed by atoms with Gasteiger partial charge in [-0.05, 0) is 31.9 Å². The topological polar surface area (TPSA) is 74.2 Å². The molecule has 28 heavy (non-hydrogen) atoms. The summed E-state index contributed by atoms with van der Waals surface area (Å²) >= 11 is 0.847. The summed E-state index contributed by atoms with van der Waals surface area (Å²) in [4.78, 5) is 17.5. The van der Waals surface area contributed by atoms with Crippen LogP contribution < -0.4 is 15.0 Å². The van der Waals surface area contributed by atoms with Gasteiger partial charge in [0.15, 0.2) is 5.54 Å². The standard InChI is InChI=1S/C20H24FN3O3S/c1-2-5-15-16(24-11-9-22-10-12-24)6-3-7-17(15)27-13-4-8-20(18(25)26)14-28-19(21)23-20/h3,6-7,22H,4,8-14H2,1H3,(H,25,26). The Morgan fingerprint density at radius 3 is 2.89 bits per heavy atom. The first-order valence-electron chi connectivity index (χ1n) is 9.31. The Bertz CT molecular complexity index is 815. The molecule has 1 fully saturated rings. The number of anilines is 1. The van der Waals surface area contributed by atoms with E-state index in [4.69, 9.17) is 4.74 Å². The number of aliphatic carboxylic acids is 1. The number of nitrogens with zero attached hydrogens (tertiary/aromatic N) is 2. The van der Waals surface area contributed by atoms with Crippen LogP contribution in [0.25, 0.3) is 0 Å². The zero-order valence-corrected chi connectivity index (χ0v) is 16.6. The van der Waals surface area contributed by atoms with E-state index in [1.54, 1.807) is 6.92 Å². The molecule has 0 radical (unpaired) electrons. The van der Waals surface area contributed by atoms with Crippen LogP contribution in [0, 0.1) is 11.8 Å². The van der Waals surface area contributed by atoms with Gasteiger partial charge in [-0.25, -0.2) is 9.79 Å². The molecule has 0 saturated carbocycles. The van der Waals surface area contributed by atoms with Crippen LogP contribution in [-0.4, -0.2) is 60.5 Å². The Hall–Kier alpha value is -2.24. The Balaban J connectivity index is 1.67. The summed E-state index contributed by atoms with van der Waals surface area (Å²) < 4.78 is 19.3. The molecular weight excluding hydrogens is 381 g/mol. The van der Waals surface area contributed by atoms with E-state index in [1.807, 2.05) is 18.2 Å². The average molecular weight is 405 g/mol. The molecule has 0 bridgehead atoms. The fourth-order valence-electron chi connectivity index (χ4n) is 3.36. The number of hydrogen-bond acceptors (Lipinski definition) is 6. The molecule has 2 heterocycles. The number of piperazine rings is 1. The second kappa shape index (κ2) is 9.30. The van der Waals surface area contributed by atoms with Crippen LogP contribution in [-0.2, 0) is 4.79 Å². The lowest BCUT2D eigenvalue weighted by Gasteiger charge is -2.30. The van der Waals surface area contributed by atoms with Crippen molar-refractivity contribution in [2.75, 3.05) is 43.4 Å². The van der Waals surface area contributed by atoms with Crippen molar-refractivity contribution in [3.63, 3.8) is 0 Å². The van der Waals surface area contributed by atoms with Crippen LogP contribution >= 0.6 is 11.8 Å². The van der Waals surface area contributed by atoms with Crippen molar-refractivity contribution >= 4 is 28.7 Å². The third-order valence-electron chi connectivity index (χ3n) is 4.83. The number of carboxylic acids is 1. The third kappa shape index (κ3) is 4.59. The van der Waals surface area contributed by atoms with Gasteiger partial charge in [-0.15, -0.1) is 5.92 Å². The number of thioether (sulfide) groups is 1. The van der Waals surface area contributed by atoms with Crippen LogP contribution in [0.3, 0.4) is 0 Å². The molecule has 0 aliphatic carbocycles. The minimum atomic E-state index is -1.38. The number of benzene rings is 1. The largest absolute Gasteiger partial charge is 0.492 e. The number of hydrogen-bond donors (Lipinski definition) is 2. The Kier molecular flexibility index (Phi) is 6.81. The highest BCUT2D eigenvalue weighted by molar-refractivity contribution is 8.13. The Morgan fingerprint density at radius 2 is 2.25 bits per heavy atom. The van der Waals surface area contributed by atoms with Gasteiger partial charge in [0, 0.05) is 31.9 Å². The van der Waals surface area contributed by atoms with Crippen molar-refractivity contribution in [3.8, 4) is 17.6 Å². The van der Waals surface area contributed by atoms with Crippen molar-refractivity contribution < 1.29 is 19.0 Å². The zero-order valence-electron chi connectivity index (χ0n) is 15.8. The van der Waals surface area contributed by atoms with E-state index in [-0.39, 0.29) is 12.2 Å². The van der Waals surface area contributed by atoms with E-state index >= 15 is 0 Å². The number of rotatable bonds is 7. The van der Waals surface area contributed by atoms with E-state index < -0.39 is 16.8 Å². The lowest BCUT2D eigenvalue weighted by Crippen LogP contribution is -2.43. The maximum absolute atomic E-state index is 13.3. The molecule has 1 atom stereocenters. The van der Waals surface area contributed by atoms with Crippen molar-refractivity contribution in [3.05, 3.63) is 23.8 Å². The van der Waals surface area contributed by atoms with Crippen molar-refractivity contribution in [1.82, 2.24) is 5.32 Å². The highest BCUT2D eigenvalue weighted by Crippen LogP contribution is 2.33. The first kappa shape index (κ1) is 20.5. The number of carbonyl (C=O) groups is 1. The maximum atomic E-state index is 13.3. The van der Waals surface area contributed by atoms with Crippen molar-refractivity contribution in [1.29, 1.82) is 0 Å². The number of carboxylic acid groups (broad SMARTS) is 1. The molecule has 1 saturated heterocycles. The van der Waals surface area contributed by atoms with Crippen molar-refractivity contribution in [2.24, 2.45) is 4.99 Å². The predicted molar refractivity (Wildman–Crippen MR) is 110 cm³/mol. The molecular formula is C20H24FN3O3S. The van der Waals surface area contributed by atoms with Crippen molar-refractivity contribution in [2.45, 2.75) is 25.3 Å². The summed E-state index contributed by atoms with van der Waals surface area (Å²) in [5, 5.41) is 12.1. The SMILES string of the molecule is CC#Cc1c(OCCCC2(C(=O)O)CSC(F)=N2)cccc1N1CCNCC1. The minimum Gasteiger partial charge on any atom is -0.492 e. The second-order valence-electron chi connectivity index (χ2n) is 6.70. The maximum Gasteiger partial charge on any atom is 0.332 e. The van der Waals surface area contributed by atoms with E-state index in [0.717, 1.165) is 49.2 Å². The average Bonchev–Trinajstić information content (AvgIpc) is 3.09. The zero-order chi connectivity index (χ0) is 20.0. The summed E-state index contributed by atoms with van der Waals surface area (Å²) in [5.41, 5.74) is 0.516. The van der Waals surface area contributed by atoms with Gasteiger partial charge in [0.25, 0.3) is 0 Å². The molecule has 3 rings (SSSR count). The second-order valence-corrected chi connectivity index (χ2v) is 7.62. The van der Waals surface area contributed by atoms with Gasteiger partial charge in [-0.2, -0.15) is 4.39 Å². The van der Waals surface area contributed by atoms with Crippen LogP contribution in [0.5, 0.6) is 5.75 Å². The van der Waals surface area contributed by atoms with Gasteiger partial charge in [0.2, 0.25) is 5.30 Å². The monoisotopic (exact) mass is 405 g/mol. The molecule has 6 nitrogen and oxygen atoms in total. The number of nitrogens with one attached hydrogen (secondary N) is 1. The summed E-state index contributed by atoms with van der Waals surface area (Å²) in [5.74, 6) is 5.82. The van der Waals surface area contributed by atoms with Crippen LogP contribution in [0.2, 0.25) is 0 Å². The normalized spacial score (nSPS) is 21.6. The lowest BCUT2D eigenvalue weighted by molar-refractivity contribution is -0.142. The Morgan fingerprint density at radius 1 is 1.46 bits per heavy atom. The molecule has 8 heteroatoms. The van der Waals surface area contributed by atoms with Crippen LogP contribution in [0.15, 0.2) is 23.2 Å². The highest BCUT2D eigenvalue weighted by atomic mass is 32.2. The Labute approximate surface area is 168 Å². The first-order chi connectivity index (χ1) is 13.6. The summed E-state index contributed by atoms with van der Waals surface area (Å²) in [6, 6.07) is 5.87. The molecule has 1 aromatic carbocycles. The van der Waals surface area contributed by atoms with E-state index in [9.17, 15) is 14.3 Å². The van der Waals surface area contributed by atoms with Gasteiger partial charge < -0.3 is 20.1 Å². The molecule has 1 unspecified atom stereocenters. The fourth-order valence-corrected chi connectivity index (χ4v) is 4.29. The molecule has 0 aromatic heterocycles. The molecule has 150 valence electrons. The van der Waals surface area contributed by atoms with Crippen LogP contribution in [0.4, 0.5) is 10.1 Å². The van der Waals surface area contributed by atoms with Gasteiger partial charge in [-0.1, -0.05) is 23.7 Å². The highest BCUT2D eigenvalue weighted by Gasteiger charge is 2.43. The smallest absolute Gasteiger partial charge is 0.332 e. The number of aliphatic imine (C=N–C) groups is 1. The predicted octanol–water partition coefficient (Wildman–Crippen LogP) is 2.52. The molecule has 2 N–H and O–H groups in total. The summed E-state index contributed by atoms with van der Waals surface area (Å²) in [7, 11) is 0. The van der Waals surface area contributed by atoms with E-state index in [2.05, 4.69) is 27.0 Å². The number of halogens is 1. The number of ether oxygens (including phenoxy) is 1. The van der Waals surface area contributed by atoms with Gasteiger partial charge >= 0.3 is 5.97 Å². The molecule has 1 aromatic rings. The molecule has 0 amide bonds. The van der Waals surface area contributed by atoms with Gasteiger partial charge in [0.1, 0.15) is 5.75 Å². The van der Waals surface area contributed by atoms with Gasteiger partial charge in [0.05, 0.1) is 17.9 Å². The molecule has 2 aliphatic heterocycles. The fraction of sp³-hybridized carbons (Fsp3) is 0.500. The summed E-state index contributed by atoms with van der Waals surface area (Å²) in [6.45, 7) is 5.78. The van der Waals surface area contributed by atoms with E-state index in [1.165, 1.54) is 0 Å². The summed E-state index contributed by atoms with van der Waals surface area (Å²) in [6.07, 6.45) is 0.690. The van der Waals surface area contributed by atoms with Gasteiger partial charge in [-0.3, -0.25) is 0 Å². The third-order valence-corrected chi connectivity index (χ3v) is 5.79. The molecule has 2 aliphatic rings. The first-order valence-corrected chi connectivity index (χ1v) is 10.3. The quantitative estimate of drug-likeness (QED) is 0.536. The lowest BCUT2D eigenvalue weighted by atomic mass is 9.97. The molecule has 0 spiro atoms.